The van der Waals surface area contributed by atoms with Gasteiger partial charge in [-0.1, -0.05) is 55.7 Å². The number of nitriles is 1. The molecule has 34 heavy (non-hydrogen) atoms. The van der Waals surface area contributed by atoms with Crippen molar-refractivity contribution < 1.29 is 9.59 Å². The Morgan fingerprint density at radius 2 is 1.62 bits per heavy atom. The highest BCUT2D eigenvalue weighted by atomic mass is 16.2. The maximum atomic E-state index is 12.9. The lowest BCUT2D eigenvalue weighted by atomic mass is 9.79. The van der Waals surface area contributed by atoms with Gasteiger partial charge in [0.2, 0.25) is 5.82 Å². The summed E-state index contributed by atoms with van der Waals surface area (Å²) >= 11 is 0. The molecule has 0 bridgehead atoms. The van der Waals surface area contributed by atoms with Crippen LogP contribution >= 0.6 is 0 Å². The third-order valence-corrected chi connectivity index (χ3v) is 6.19. The van der Waals surface area contributed by atoms with E-state index in [2.05, 4.69) is 20.6 Å². The Bertz CT molecular complexity index is 1210. The molecule has 2 aromatic carbocycles. The minimum Gasteiger partial charge on any atom is -0.327 e. The number of hydrogen-bond acceptors (Lipinski definition) is 5. The smallest absolute Gasteiger partial charge is 0.319 e. The van der Waals surface area contributed by atoms with E-state index in [1.54, 1.807) is 19.2 Å². The van der Waals surface area contributed by atoms with E-state index in [0.29, 0.717) is 17.8 Å². The number of carbonyl (C=O) groups excluding carboxylic acids is 2. The van der Waals surface area contributed by atoms with Gasteiger partial charge in [-0.2, -0.15) is 5.26 Å². The fraction of sp³-hybridized carbons (Fsp3) is 0.296. The Hall–Kier alpha value is -4.05. The second kappa shape index (κ2) is 10.3. The van der Waals surface area contributed by atoms with Gasteiger partial charge in [-0.15, -0.1) is 0 Å². The number of benzene rings is 2. The fourth-order valence-corrected chi connectivity index (χ4v) is 4.51. The van der Waals surface area contributed by atoms with Crippen LogP contribution in [0.2, 0.25) is 0 Å². The Balaban J connectivity index is 1.45. The lowest BCUT2D eigenvalue weighted by molar-refractivity contribution is -0.116. The summed E-state index contributed by atoms with van der Waals surface area (Å²) in [6.45, 7) is 1.59. The molecule has 7 nitrogen and oxygen atoms in total. The highest BCUT2D eigenvalue weighted by Crippen LogP contribution is 2.36. The number of aromatic nitrogens is 2. The number of anilines is 1. The molecule has 0 atom stereocenters. The summed E-state index contributed by atoms with van der Waals surface area (Å²) in [6, 6.07) is 19.0. The highest BCUT2D eigenvalue weighted by Gasteiger charge is 2.37. The number of nitrogens with one attached hydrogen (secondary N) is 2. The monoisotopic (exact) mass is 453 g/mol. The Labute approximate surface area is 199 Å². The first-order valence-electron chi connectivity index (χ1n) is 11.5. The molecule has 0 unspecified atom stereocenters. The molecule has 1 aliphatic carbocycles. The molecule has 172 valence electrons. The predicted octanol–water partition coefficient (Wildman–Crippen LogP) is 5.13. The van der Waals surface area contributed by atoms with Crippen LogP contribution in [0.1, 0.15) is 56.1 Å². The molecule has 1 saturated carbocycles. The van der Waals surface area contributed by atoms with Crippen LogP contribution in [0.5, 0.6) is 0 Å². The van der Waals surface area contributed by atoms with E-state index in [1.807, 2.05) is 54.6 Å². The lowest BCUT2D eigenvalue weighted by Crippen LogP contribution is -2.49. The number of ketones is 1. The molecule has 1 heterocycles. The number of urea groups is 1. The van der Waals surface area contributed by atoms with E-state index < -0.39 is 5.54 Å². The van der Waals surface area contributed by atoms with E-state index in [4.69, 9.17) is 0 Å². The van der Waals surface area contributed by atoms with Crippen molar-refractivity contribution in [3.05, 3.63) is 77.9 Å². The molecule has 0 spiro atoms. The standard InChI is InChI=1S/C27H27N5O2/c1-19(33)17-20-5-7-21(8-6-20)22-9-11-23(12-10-22)30-26(34)32-27(14-3-2-4-15-27)24-13-16-29-25(18-28)31-24/h5-13,16H,2-4,14-15,17H2,1H3,(H2,30,32,34). The molecular weight excluding hydrogens is 426 g/mol. The number of nitrogens with zero attached hydrogens (tertiary/aromatic N) is 3. The van der Waals surface area contributed by atoms with Crippen molar-refractivity contribution >= 4 is 17.5 Å². The lowest BCUT2D eigenvalue weighted by Gasteiger charge is -2.37. The van der Waals surface area contributed by atoms with Crippen LogP contribution in [-0.4, -0.2) is 21.8 Å². The van der Waals surface area contributed by atoms with Crippen molar-refractivity contribution in [3.8, 4) is 17.2 Å². The van der Waals surface area contributed by atoms with E-state index >= 15 is 0 Å². The summed E-state index contributed by atoms with van der Waals surface area (Å²) in [5.74, 6) is 0.247. The first-order chi connectivity index (χ1) is 16.5. The number of amides is 2. The van der Waals surface area contributed by atoms with Gasteiger partial charge in [-0.25, -0.2) is 14.8 Å². The Morgan fingerprint density at radius 1 is 0.971 bits per heavy atom. The van der Waals surface area contributed by atoms with Crippen molar-refractivity contribution in [2.45, 2.75) is 51.0 Å². The molecular formula is C27H27N5O2. The zero-order chi connectivity index (χ0) is 24.0. The topological polar surface area (TPSA) is 108 Å². The van der Waals surface area contributed by atoms with Crippen LogP contribution in [0, 0.1) is 11.3 Å². The van der Waals surface area contributed by atoms with Gasteiger partial charge in [0.25, 0.3) is 0 Å². The van der Waals surface area contributed by atoms with Crippen molar-refractivity contribution in [1.29, 1.82) is 5.26 Å². The first kappa shape index (κ1) is 23.1. The van der Waals surface area contributed by atoms with E-state index in [-0.39, 0.29) is 17.6 Å². The van der Waals surface area contributed by atoms with Gasteiger partial charge < -0.3 is 10.6 Å². The molecule has 4 rings (SSSR count). The molecule has 0 radical (unpaired) electrons. The molecule has 2 N–H and O–H groups in total. The third-order valence-electron chi connectivity index (χ3n) is 6.19. The van der Waals surface area contributed by atoms with Gasteiger partial charge in [-0.05, 0) is 54.7 Å². The van der Waals surface area contributed by atoms with Gasteiger partial charge in [0, 0.05) is 18.3 Å². The van der Waals surface area contributed by atoms with Crippen molar-refractivity contribution in [2.24, 2.45) is 0 Å². The molecule has 1 fully saturated rings. The van der Waals surface area contributed by atoms with Crippen LogP contribution in [0.25, 0.3) is 11.1 Å². The van der Waals surface area contributed by atoms with Crippen LogP contribution < -0.4 is 10.6 Å². The second-order valence-electron chi connectivity index (χ2n) is 8.75. The number of carbonyl (C=O) groups is 2. The summed E-state index contributed by atoms with van der Waals surface area (Å²) in [5.41, 5.74) is 3.81. The zero-order valence-electron chi connectivity index (χ0n) is 19.2. The molecule has 3 aromatic rings. The predicted molar refractivity (Wildman–Crippen MR) is 130 cm³/mol. The summed E-state index contributed by atoms with van der Waals surface area (Å²) in [4.78, 5) is 32.6. The Morgan fingerprint density at radius 3 is 2.24 bits per heavy atom. The summed E-state index contributed by atoms with van der Waals surface area (Å²) in [7, 11) is 0. The average molecular weight is 454 g/mol. The van der Waals surface area contributed by atoms with Crippen LogP contribution in [-0.2, 0) is 16.8 Å². The zero-order valence-corrected chi connectivity index (χ0v) is 19.2. The number of hydrogen-bond donors (Lipinski definition) is 2. The minimum atomic E-state index is -0.613. The minimum absolute atomic E-state index is 0.106. The molecule has 0 aliphatic heterocycles. The maximum Gasteiger partial charge on any atom is 0.319 e. The van der Waals surface area contributed by atoms with E-state index in [1.165, 1.54) is 0 Å². The normalized spacial score (nSPS) is 14.6. The fourth-order valence-electron chi connectivity index (χ4n) is 4.51. The van der Waals surface area contributed by atoms with Crippen LogP contribution in [0.15, 0.2) is 60.8 Å². The number of Topliss-reactive ketones (excluding diaryl/α,β-unsaturated/α-hetero) is 1. The van der Waals surface area contributed by atoms with E-state index in [0.717, 1.165) is 48.8 Å². The van der Waals surface area contributed by atoms with Gasteiger partial charge in [-0.3, -0.25) is 4.79 Å². The van der Waals surface area contributed by atoms with Crippen LogP contribution in [0.3, 0.4) is 0 Å². The average Bonchev–Trinajstić information content (AvgIpc) is 2.85. The molecule has 7 heteroatoms. The number of rotatable bonds is 6. The quantitative estimate of drug-likeness (QED) is 0.538. The molecule has 0 saturated heterocycles. The molecule has 2 amide bonds. The molecule has 1 aromatic heterocycles. The third kappa shape index (κ3) is 5.46. The Kier molecular flexibility index (Phi) is 6.98. The second-order valence-corrected chi connectivity index (χ2v) is 8.75. The summed E-state index contributed by atoms with van der Waals surface area (Å²) in [5, 5.41) is 15.3. The van der Waals surface area contributed by atoms with Crippen LogP contribution in [0.4, 0.5) is 10.5 Å². The van der Waals surface area contributed by atoms with Gasteiger partial charge >= 0.3 is 6.03 Å². The van der Waals surface area contributed by atoms with Gasteiger partial charge in [0.05, 0.1) is 11.2 Å². The van der Waals surface area contributed by atoms with E-state index in [9.17, 15) is 14.9 Å². The van der Waals surface area contributed by atoms with Gasteiger partial charge in [0.15, 0.2) is 0 Å². The van der Waals surface area contributed by atoms with Crippen molar-refractivity contribution in [3.63, 3.8) is 0 Å². The first-order valence-corrected chi connectivity index (χ1v) is 11.5. The summed E-state index contributed by atoms with van der Waals surface area (Å²) < 4.78 is 0. The largest absolute Gasteiger partial charge is 0.327 e. The molecule has 1 aliphatic rings. The van der Waals surface area contributed by atoms with Crippen molar-refractivity contribution in [1.82, 2.24) is 15.3 Å². The highest BCUT2D eigenvalue weighted by molar-refractivity contribution is 5.90. The summed E-state index contributed by atoms with van der Waals surface area (Å²) in [6.07, 6.45) is 6.60. The maximum absolute atomic E-state index is 12.9. The van der Waals surface area contributed by atoms with Crippen molar-refractivity contribution in [2.75, 3.05) is 5.32 Å². The van der Waals surface area contributed by atoms with Gasteiger partial charge in [0.1, 0.15) is 11.9 Å². The SMILES string of the molecule is CC(=O)Cc1ccc(-c2ccc(NC(=O)NC3(c4ccnc(C#N)n4)CCCCC3)cc2)cc1.